The highest BCUT2D eigenvalue weighted by atomic mass is 16.1. The Morgan fingerprint density at radius 2 is 1.70 bits per heavy atom. The summed E-state index contributed by atoms with van der Waals surface area (Å²) in [5, 5.41) is 7.24. The van der Waals surface area contributed by atoms with E-state index in [4.69, 9.17) is 0 Å². The number of piperidine rings is 1. The van der Waals surface area contributed by atoms with Crippen molar-refractivity contribution in [2.24, 2.45) is 28.6 Å². The molecule has 0 radical (unpaired) electrons. The first kappa shape index (κ1) is 17.6. The number of nitrogens with one attached hydrogen (secondary N) is 2. The van der Waals surface area contributed by atoms with Gasteiger partial charge in [-0.15, -0.1) is 0 Å². The molecule has 2 unspecified atom stereocenters. The van der Waals surface area contributed by atoms with Crippen LogP contribution in [0.25, 0.3) is 0 Å². The molecule has 1 heterocycles. The molecule has 4 fully saturated rings. The second-order valence-corrected chi connectivity index (χ2v) is 10.3. The maximum Gasteiger partial charge on any atom is 0.220 e. The third-order valence-electron chi connectivity index (χ3n) is 9.21. The summed E-state index contributed by atoms with van der Waals surface area (Å²) in [5.74, 6) is 2.77. The molecule has 0 aromatic heterocycles. The van der Waals surface area contributed by atoms with Crippen LogP contribution < -0.4 is 10.6 Å². The van der Waals surface area contributed by atoms with Gasteiger partial charge in [-0.1, -0.05) is 32.0 Å². The lowest BCUT2D eigenvalue weighted by molar-refractivity contribution is -0.135. The smallest absolute Gasteiger partial charge is 0.220 e. The third-order valence-corrected chi connectivity index (χ3v) is 9.21. The third kappa shape index (κ3) is 2.64. The number of benzene rings is 1. The Kier molecular flexibility index (Phi) is 4.07. The molecule has 1 amide bonds. The summed E-state index contributed by atoms with van der Waals surface area (Å²) in [7, 11) is 0. The van der Waals surface area contributed by atoms with Gasteiger partial charge in [-0.25, -0.2) is 0 Å². The Bertz CT molecular complexity index is 718. The summed E-state index contributed by atoms with van der Waals surface area (Å²) in [5.41, 5.74) is 2.01. The number of fused-ring (bicyclic) bond motifs is 5. The van der Waals surface area contributed by atoms with Crippen LogP contribution in [0.1, 0.15) is 65.2 Å². The topological polar surface area (TPSA) is 41.1 Å². The van der Waals surface area contributed by atoms with Crippen LogP contribution in [-0.2, 0) is 4.79 Å². The molecule has 3 aliphatic carbocycles. The van der Waals surface area contributed by atoms with Gasteiger partial charge in [-0.3, -0.25) is 4.79 Å². The number of hydrogen-bond acceptors (Lipinski definition) is 2. The van der Waals surface area contributed by atoms with Crippen molar-refractivity contribution in [1.82, 2.24) is 5.32 Å². The second kappa shape index (κ2) is 6.25. The fraction of sp³-hybridized carbons (Fsp3) is 0.708. The van der Waals surface area contributed by atoms with Crippen LogP contribution in [0, 0.1) is 28.6 Å². The predicted octanol–water partition coefficient (Wildman–Crippen LogP) is 4.99. The van der Waals surface area contributed by atoms with E-state index in [9.17, 15) is 4.79 Å². The summed E-state index contributed by atoms with van der Waals surface area (Å²) in [4.78, 5) is 12.0. The van der Waals surface area contributed by atoms with Gasteiger partial charge in [0, 0.05) is 24.2 Å². The minimum atomic E-state index is 0.282. The van der Waals surface area contributed by atoms with Gasteiger partial charge in [0.25, 0.3) is 0 Å². The molecule has 3 heteroatoms. The maximum absolute atomic E-state index is 12.0. The molecule has 2 N–H and O–H groups in total. The van der Waals surface area contributed by atoms with Crippen LogP contribution in [-0.4, -0.2) is 18.0 Å². The fourth-order valence-corrected chi connectivity index (χ4v) is 7.67. The second-order valence-electron chi connectivity index (χ2n) is 10.3. The highest BCUT2D eigenvalue weighted by molar-refractivity contribution is 5.77. The molecule has 0 bridgehead atoms. The number of rotatable bonds is 2. The monoisotopic (exact) mass is 366 g/mol. The SMILES string of the molecule is C[C@]12CCC(=O)NC1CC[C@@H]1[C@H]2CC[C@]2(C)C(Nc3ccccc3)CC[C@@H]12. The van der Waals surface area contributed by atoms with Gasteiger partial charge >= 0.3 is 0 Å². The van der Waals surface area contributed by atoms with E-state index in [0.717, 1.165) is 30.6 Å². The molecular formula is C24H34N2O. The first-order valence-electron chi connectivity index (χ1n) is 11.1. The van der Waals surface area contributed by atoms with Gasteiger partial charge < -0.3 is 10.6 Å². The summed E-state index contributed by atoms with van der Waals surface area (Å²) in [6.45, 7) is 5.06. The lowest BCUT2D eigenvalue weighted by Gasteiger charge is -2.60. The largest absolute Gasteiger partial charge is 0.382 e. The molecule has 27 heavy (non-hydrogen) atoms. The minimum Gasteiger partial charge on any atom is -0.382 e. The van der Waals surface area contributed by atoms with E-state index >= 15 is 0 Å². The number of amides is 1. The lowest BCUT2D eigenvalue weighted by atomic mass is 9.47. The number of hydrogen-bond donors (Lipinski definition) is 2. The minimum absolute atomic E-state index is 0.282. The van der Waals surface area contributed by atoms with E-state index in [2.05, 4.69) is 54.8 Å². The first-order chi connectivity index (χ1) is 13.0. The quantitative estimate of drug-likeness (QED) is 0.774. The number of carbonyl (C=O) groups excluding carboxylic acids is 1. The molecule has 3 saturated carbocycles. The van der Waals surface area contributed by atoms with Crippen molar-refractivity contribution >= 4 is 11.6 Å². The Labute approximate surface area is 163 Å². The standard InChI is InChI=1S/C24H34N2O/c1-23-14-12-19-17(8-10-21-24(19,2)15-13-22(27)26-21)18(23)9-11-20(23)25-16-6-4-3-5-7-16/h3-7,17-21,25H,8-15H2,1-2H3,(H,26,27)/t17-,18-,19+,20?,21?,23-,24+/m0/s1. The van der Waals surface area contributed by atoms with Crippen molar-refractivity contribution in [2.75, 3.05) is 5.32 Å². The molecule has 7 atom stereocenters. The highest BCUT2D eigenvalue weighted by Gasteiger charge is 2.60. The van der Waals surface area contributed by atoms with Gasteiger partial charge in [-0.2, -0.15) is 0 Å². The van der Waals surface area contributed by atoms with Gasteiger partial charge in [0.1, 0.15) is 0 Å². The number of anilines is 1. The van der Waals surface area contributed by atoms with E-state index in [1.807, 2.05) is 0 Å². The van der Waals surface area contributed by atoms with E-state index in [1.165, 1.54) is 44.2 Å². The molecule has 1 aliphatic heterocycles. The zero-order chi connectivity index (χ0) is 18.6. The summed E-state index contributed by atoms with van der Waals surface area (Å²) >= 11 is 0. The molecule has 1 aromatic rings. The first-order valence-corrected chi connectivity index (χ1v) is 11.1. The average Bonchev–Trinajstić information content (AvgIpc) is 3.00. The van der Waals surface area contributed by atoms with Gasteiger partial charge in [0.15, 0.2) is 0 Å². The van der Waals surface area contributed by atoms with Crippen LogP contribution in [0.15, 0.2) is 30.3 Å². The lowest BCUT2D eigenvalue weighted by Crippen LogP contribution is -2.61. The zero-order valence-electron chi connectivity index (χ0n) is 16.8. The van der Waals surface area contributed by atoms with Gasteiger partial charge in [0.2, 0.25) is 5.91 Å². The highest BCUT2D eigenvalue weighted by Crippen LogP contribution is 2.64. The average molecular weight is 367 g/mol. The number of carbonyl (C=O) groups is 1. The Balaban J connectivity index is 1.38. The molecule has 5 rings (SSSR count). The van der Waals surface area contributed by atoms with Crippen LogP contribution >= 0.6 is 0 Å². The molecule has 3 nitrogen and oxygen atoms in total. The van der Waals surface area contributed by atoms with Crippen LogP contribution in [0.2, 0.25) is 0 Å². The van der Waals surface area contributed by atoms with Gasteiger partial charge in [0.05, 0.1) is 0 Å². The molecular weight excluding hydrogens is 332 g/mol. The zero-order valence-corrected chi connectivity index (χ0v) is 16.8. The van der Waals surface area contributed by atoms with Crippen molar-refractivity contribution in [3.8, 4) is 0 Å². The number of para-hydroxylation sites is 1. The Morgan fingerprint density at radius 1 is 0.926 bits per heavy atom. The summed E-state index contributed by atoms with van der Waals surface area (Å²) in [6, 6.07) is 11.8. The van der Waals surface area contributed by atoms with Crippen LogP contribution in [0.4, 0.5) is 5.69 Å². The summed E-state index contributed by atoms with van der Waals surface area (Å²) < 4.78 is 0. The molecule has 4 aliphatic rings. The van der Waals surface area contributed by atoms with Crippen LogP contribution in [0.3, 0.4) is 0 Å². The maximum atomic E-state index is 12.0. The normalized spacial score (nSPS) is 46.0. The van der Waals surface area contributed by atoms with Crippen molar-refractivity contribution in [1.29, 1.82) is 0 Å². The van der Waals surface area contributed by atoms with Crippen molar-refractivity contribution in [3.05, 3.63) is 30.3 Å². The Morgan fingerprint density at radius 3 is 2.52 bits per heavy atom. The fourth-order valence-electron chi connectivity index (χ4n) is 7.67. The Hall–Kier alpha value is -1.51. The molecule has 1 saturated heterocycles. The van der Waals surface area contributed by atoms with Crippen molar-refractivity contribution in [2.45, 2.75) is 77.3 Å². The molecule has 1 aromatic carbocycles. The van der Waals surface area contributed by atoms with Crippen LogP contribution in [0.5, 0.6) is 0 Å². The van der Waals surface area contributed by atoms with E-state index < -0.39 is 0 Å². The predicted molar refractivity (Wildman–Crippen MR) is 109 cm³/mol. The van der Waals surface area contributed by atoms with E-state index in [1.54, 1.807) is 0 Å². The van der Waals surface area contributed by atoms with Crippen molar-refractivity contribution < 1.29 is 4.79 Å². The van der Waals surface area contributed by atoms with Crippen molar-refractivity contribution in [3.63, 3.8) is 0 Å². The molecule has 146 valence electrons. The van der Waals surface area contributed by atoms with E-state index in [-0.39, 0.29) is 5.91 Å². The van der Waals surface area contributed by atoms with E-state index in [0.29, 0.717) is 22.9 Å². The van der Waals surface area contributed by atoms with Gasteiger partial charge in [-0.05, 0) is 85.7 Å². The molecule has 0 spiro atoms. The summed E-state index contributed by atoms with van der Waals surface area (Å²) in [6.07, 6.45) is 9.67.